The Morgan fingerprint density at radius 3 is 3.05 bits per heavy atom. The molecule has 1 aromatic carbocycles. The Hall–Kier alpha value is -0.130. The van der Waals surface area contributed by atoms with Crippen LogP contribution in [0, 0.1) is 0 Å². The lowest BCUT2D eigenvalue weighted by molar-refractivity contribution is -0.0261. The van der Waals surface area contributed by atoms with Crippen molar-refractivity contribution in [2.45, 2.75) is 26.0 Å². The predicted octanol–water partition coefficient (Wildman–Crippen LogP) is 3.47. The zero-order valence-electron chi connectivity index (χ0n) is 12.0. The molecular weight excluding hydrogens is 340 g/mol. The molecule has 0 saturated carbocycles. The quantitative estimate of drug-likeness (QED) is 0.869. The maximum atomic E-state index is 6.28. The molecule has 1 N–H and O–H groups in total. The first-order valence-electron chi connectivity index (χ1n) is 7.12. The molecule has 2 atom stereocenters. The van der Waals surface area contributed by atoms with Gasteiger partial charge in [0.05, 0.1) is 12.7 Å². The fourth-order valence-corrected chi connectivity index (χ4v) is 3.30. The molecule has 112 valence electrons. The number of nitrogens with one attached hydrogen (secondary N) is 1. The summed E-state index contributed by atoms with van der Waals surface area (Å²) in [5, 5.41) is 4.31. The van der Waals surface area contributed by atoms with Crippen molar-refractivity contribution in [2.24, 2.45) is 0 Å². The van der Waals surface area contributed by atoms with Crippen LogP contribution in [0.15, 0.2) is 22.7 Å². The standard InChI is InChI=1S/C15H22BrClN2O/c1-3-19-6-7-20-13(10-19)9-18-11(2)14-5-4-12(16)8-15(14)17/h4-5,8,11,13,18H,3,6-7,9-10H2,1-2H3. The summed E-state index contributed by atoms with van der Waals surface area (Å²) in [6.07, 6.45) is 0.264. The molecule has 3 nitrogen and oxygen atoms in total. The number of likely N-dealkylation sites (N-methyl/N-ethyl adjacent to an activating group) is 1. The van der Waals surface area contributed by atoms with E-state index in [4.69, 9.17) is 16.3 Å². The van der Waals surface area contributed by atoms with Gasteiger partial charge in [-0.2, -0.15) is 0 Å². The third-order valence-electron chi connectivity index (χ3n) is 3.75. The number of nitrogens with zero attached hydrogens (tertiary/aromatic N) is 1. The SMILES string of the molecule is CCN1CCOC(CNC(C)c2ccc(Br)cc2Cl)C1. The summed E-state index contributed by atoms with van der Waals surface area (Å²) in [6, 6.07) is 6.24. The zero-order valence-corrected chi connectivity index (χ0v) is 14.4. The molecule has 1 fully saturated rings. The van der Waals surface area contributed by atoms with E-state index < -0.39 is 0 Å². The molecule has 0 bridgehead atoms. The largest absolute Gasteiger partial charge is 0.374 e. The first-order chi connectivity index (χ1) is 9.60. The molecule has 0 aliphatic carbocycles. The molecule has 2 rings (SSSR count). The first-order valence-corrected chi connectivity index (χ1v) is 8.29. The number of benzene rings is 1. The van der Waals surface area contributed by atoms with Crippen LogP contribution in [-0.2, 0) is 4.74 Å². The molecule has 1 saturated heterocycles. The summed E-state index contributed by atoms with van der Waals surface area (Å²) in [6.45, 7) is 9.15. The van der Waals surface area contributed by atoms with Crippen molar-refractivity contribution in [2.75, 3.05) is 32.8 Å². The highest BCUT2D eigenvalue weighted by Crippen LogP contribution is 2.26. The molecule has 0 amide bonds. The smallest absolute Gasteiger partial charge is 0.0826 e. The monoisotopic (exact) mass is 360 g/mol. The van der Waals surface area contributed by atoms with Crippen molar-refractivity contribution >= 4 is 27.5 Å². The minimum absolute atomic E-state index is 0.219. The van der Waals surface area contributed by atoms with Gasteiger partial charge >= 0.3 is 0 Å². The van der Waals surface area contributed by atoms with Gasteiger partial charge in [0.1, 0.15) is 0 Å². The van der Waals surface area contributed by atoms with Crippen molar-refractivity contribution < 1.29 is 4.74 Å². The van der Waals surface area contributed by atoms with Gasteiger partial charge in [-0.1, -0.05) is 40.5 Å². The lowest BCUT2D eigenvalue weighted by Gasteiger charge is -2.33. The molecule has 0 aromatic heterocycles. The summed E-state index contributed by atoms with van der Waals surface area (Å²) in [5.74, 6) is 0. The summed E-state index contributed by atoms with van der Waals surface area (Å²) >= 11 is 9.71. The van der Waals surface area contributed by atoms with Gasteiger partial charge in [-0.3, -0.25) is 4.90 Å². The second-order valence-corrected chi connectivity index (χ2v) is 6.50. The lowest BCUT2D eigenvalue weighted by Crippen LogP contribution is -2.46. The maximum absolute atomic E-state index is 6.28. The average molecular weight is 362 g/mol. The van der Waals surface area contributed by atoms with Crippen LogP contribution in [-0.4, -0.2) is 43.8 Å². The van der Waals surface area contributed by atoms with Crippen molar-refractivity contribution in [1.29, 1.82) is 0 Å². The second-order valence-electron chi connectivity index (χ2n) is 5.18. The Balaban J connectivity index is 1.86. The van der Waals surface area contributed by atoms with E-state index in [0.29, 0.717) is 0 Å². The number of hydrogen-bond acceptors (Lipinski definition) is 3. The molecule has 1 aromatic rings. The molecule has 5 heteroatoms. The van der Waals surface area contributed by atoms with Crippen LogP contribution in [0.25, 0.3) is 0 Å². The fourth-order valence-electron chi connectivity index (χ4n) is 2.46. The van der Waals surface area contributed by atoms with E-state index in [1.807, 2.05) is 12.1 Å². The van der Waals surface area contributed by atoms with Gasteiger partial charge in [-0.15, -0.1) is 0 Å². The molecule has 1 aliphatic heterocycles. The Morgan fingerprint density at radius 1 is 1.55 bits per heavy atom. The summed E-state index contributed by atoms with van der Waals surface area (Å²) in [4.78, 5) is 2.42. The fraction of sp³-hybridized carbons (Fsp3) is 0.600. The van der Waals surface area contributed by atoms with Crippen LogP contribution in [0.4, 0.5) is 0 Å². The maximum Gasteiger partial charge on any atom is 0.0826 e. The van der Waals surface area contributed by atoms with E-state index in [9.17, 15) is 0 Å². The second kappa shape index (κ2) is 7.76. The highest BCUT2D eigenvalue weighted by molar-refractivity contribution is 9.10. The highest BCUT2D eigenvalue weighted by Gasteiger charge is 2.20. The lowest BCUT2D eigenvalue weighted by atomic mass is 10.1. The van der Waals surface area contributed by atoms with E-state index in [1.54, 1.807) is 0 Å². The number of morpholine rings is 1. The van der Waals surface area contributed by atoms with Crippen molar-refractivity contribution in [3.63, 3.8) is 0 Å². The minimum atomic E-state index is 0.219. The molecule has 0 radical (unpaired) electrons. The average Bonchev–Trinajstić information content (AvgIpc) is 2.45. The van der Waals surface area contributed by atoms with Crippen LogP contribution in [0.1, 0.15) is 25.5 Å². The number of rotatable bonds is 5. The first kappa shape index (κ1) is 16.2. The molecule has 20 heavy (non-hydrogen) atoms. The topological polar surface area (TPSA) is 24.5 Å². The van der Waals surface area contributed by atoms with E-state index in [-0.39, 0.29) is 12.1 Å². The zero-order chi connectivity index (χ0) is 14.5. The van der Waals surface area contributed by atoms with Crippen LogP contribution in [0.3, 0.4) is 0 Å². The molecule has 1 heterocycles. The Bertz CT molecular complexity index is 444. The van der Waals surface area contributed by atoms with Gasteiger partial charge in [-0.05, 0) is 31.2 Å². The van der Waals surface area contributed by atoms with Crippen molar-refractivity contribution in [1.82, 2.24) is 10.2 Å². The van der Waals surface area contributed by atoms with Crippen LogP contribution >= 0.6 is 27.5 Å². The third kappa shape index (κ3) is 4.43. The van der Waals surface area contributed by atoms with E-state index in [2.05, 4.69) is 46.1 Å². The highest BCUT2D eigenvalue weighted by atomic mass is 79.9. The number of hydrogen-bond donors (Lipinski definition) is 1. The van der Waals surface area contributed by atoms with E-state index in [0.717, 1.165) is 47.8 Å². The Morgan fingerprint density at radius 2 is 2.35 bits per heavy atom. The van der Waals surface area contributed by atoms with Gasteiger partial charge in [0, 0.05) is 35.2 Å². The summed E-state index contributed by atoms with van der Waals surface area (Å²) in [5.41, 5.74) is 1.12. The van der Waals surface area contributed by atoms with E-state index in [1.165, 1.54) is 0 Å². The number of ether oxygens (including phenoxy) is 1. The third-order valence-corrected chi connectivity index (χ3v) is 4.57. The minimum Gasteiger partial charge on any atom is -0.374 e. The van der Waals surface area contributed by atoms with Gasteiger partial charge in [-0.25, -0.2) is 0 Å². The normalized spacial score (nSPS) is 21.9. The Kier molecular flexibility index (Phi) is 6.30. The van der Waals surface area contributed by atoms with Crippen LogP contribution < -0.4 is 5.32 Å². The van der Waals surface area contributed by atoms with E-state index >= 15 is 0 Å². The Labute approximate surface area is 134 Å². The van der Waals surface area contributed by atoms with Crippen LogP contribution in [0.2, 0.25) is 5.02 Å². The number of halogens is 2. The van der Waals surface area contributed by atoms with Gasteiger partial charge < -0.3 is 10.1 Å². The van der Waals surface area contributed by atoms with Crippen molar-refractivity contribution in [3.8, 4) is 0 Å². The summed E-state index contributed by atoms with van der Waals surface area (Å²) < 4.78 is 6.81. The molecule has 0 spiro atoms. The summed E-state index contributed by atoms with van der Waals surface area (Å²) in [7, 11) is 0. The van der Waals surface area contributed by atoms with Crippen molar-refractivity contribution in [3.05, 3.63) is 33.3 Å². The van der Waals surface area contributed by atoms with Gasteiger partial charge in [0.15, 0.2) is 0 Å². The predicted molar refractivity (Wildman–Crippen MR) is 87.4 cm³/mol. The molecule has 2 unspecified atom stereocenters. The molecule has 1 aliphatic rings. The van der Waals surface area contributed by atoms with Gasteiger partial charge in [0.25, 0.3) is 0 Å². The van der Waals surface area contributed by atoms with Crippen LogP contribution in [0.5, 0.6) is 0 Å². The van der Waals surface area contributed by atoms with Gasteiger partial charge in [0.2, 0.25) is 0 Å². The molecular formula is C15H22BrClN2O.